The summed E-state index contributed by atoms with van der Waals surface area (Å²) >= 11 is 0. The van der Waals surface area contributed by atoms with Gasteiger partial charge in [0, 0.05) is 36.0 Å². The Morgan fingerprint density at radius 3 is 2.50 bits per heavy atom. The van der Waals surface area contributed by atoms with Gasteiger partial charge in [0.1, 0.15) is 0 Å². The van der Waals surface area contributed by atoms with Crippen LogP contribution in [-0.2, 0) is 6.54 Å². The van der Waals surface area contributed by atoms with Crippen LogP contribution in [0.3, 0.4) is 0 Å². The molecular weight excluding hydrogens is 444 g/mol. The largest absolute Gasteiger partial charge is 0.494 e. The summed E-state index contributed by atoms with van der Waals surface area (Å²) in [5, 5.41) is 7.76. The minimum atomic E-state index is -0.931. The number of hydrogen-bond acceptors (Lipinski definition) is 6. The van der Waals surface area contributed by atoms with Crippen molar-refractivity contribution >= 4 is 16.9 Å². The second-order valence-corrected chi connectivity index (χ2v) is 8.35. The Kier molecular flexibility index (Phi) is 4.51. The number of carbonyl (C=O) groups is 1. The van der Waals surface area contributed by atoms with Gasteiger partial charge in [-0.2, -0.15) is 5.10 Å². The van der Waals surface area contributed by atoms with E-state index in [1.165, 1.54) is 20.4 Å². The van der Waals surface area contributed by atoms with Crippen molar-refractivity contribution < 1.29 is 23.0 Å². The number of nitrogens with one attached hydrogen (secondary N) is 1. The first-order chi connectivity index (χ1) is 16.5. The van der Waals surface area contributed by atoms with Crippen molar-refractivity contribution in [2.75, 3.05) is 14.2 Å². The first-order valence-electron chi connectivity index (χ1n) is 10.8. The van der Waals surface area contributed by atoms with Crippen LogP contribution in [0.4, 0.5) is 8.78 Å². The number of H-pyrrole nitrogens is 1. The number of amides is 1. The summed E-state index contributed by atoms with van der Waals surface area (Å²) < 4.78 is 39.8. The quantitative estimate of drug-likeness (QED) is 0.479. The highest BCUT2D eigenvalue weighted by Gasteiger charge is 2.38. The molecule has 0 atom stereocenters. The van der Waals surface area contributed by atoms with Crippen molar-refractivity contribution in [2.24, 2.45) is 0 Å². The number of ether oxygens (including phenoxy) is 2. The Balaban J connectivity index is 1.41. The summed E-state index contributed by atoms with van der Waals surface area (Å²) in [6.45, 7) is 0.593. The molecular formula is C24H19F2N5O3. The average molecular weight is 463 g/mol. The van der Waals surface area contributed by atoms with Crippen LogP contribution in [-0.4, -0.2) is 51.2 Å². The van der Waals surface area contributed by atoms with Gasteiger partial charge < -0.3 is 14.4 Å². The van der Waals surface area contributed by atoms with E-state index in [2.05, 4.69) is 20.2 Å². The van der Waals surface area contributed by atoms with Crippen LogP contribution < -0.4 is 9.47 Å². The summed E-state index contributed by atoms with van der Waals surface area (Å²) in [6.07, 6.45) is 3.58. The standard InChI is InChI=1S/C24H19F2N5O3/c1-33-16-8-17(34-2)20(26)18(19(16)25)23-27-9-15-21(29-30-22(15)28-23)11-3-6-14-12(7-11)10-31(24(14)32)13-4-5-13/h3,6-9,13H,4-5,10H2,1-2H3,(H,27,28,29,30). The fourth-order valence-electron chi connectivity index (χ4n) is 4.41. The third-order valence-electron chi connectivity index (χ3n) is 6.32. The van der Waals surface area contributed by atoms with Gasteiger partial charge in [-0.25, -0.2) is 18.7 Å². The molecule has 4 aromatic rings. The fourth-order valence-corrected chi connectivity index (χ4v) is 4.41. The summed E-state index contributed by atoms with van der Waals surface area (Å²) in [5.41, 5.74) is 2.95. The monoisotopic (exact) mass is 463 g/mol. The third kappa shape index (κ3) is 3.01. The molecule has 0 bridgehead atoms. The van der Waals surface area contributed by atoms with Gasteiger partial charge in [0.25, 0.3) is 5.91 Å². The maximum Gasteiger partial charge on any atom is 0.254 e. The number of fused-ring (bicyclic) bond motifs is 2. The SMILES string of the molecule is COc1cc(OC)c(F)c(-c2ncc3c(-c4ccc5c(c4)CN(C4CC4)C5=O)[nH]nc3n2)c1F. The number of halogens is 2. The van der Waals surface area contributed by atoms with Crippen molar-refractivity contribution in [1.82, 2.24) is 25.1 Å². The van der Waals surface area contributed by atoms with Crippen LogP contribution in [0, 0.1) is 11.6 Å². The topological polar surface area (TPSA) is 93.2 Å². The Hall–Kier alpha value is -4.08. The van der Waals surface area contributed by atoms with Crippen LogP contribution in [0.2, 0.25) is 0 Å². The molecule has 0 saturated heterocycles. The summed E-state index contributed by atoms with van der Waals surface area (Å²) in [4.78, 5) is 23.0. The fraction of sp³-hybridized carbons (Fsp3) is 0.250. The molecule has 0 radical (unpaired) electrons. The smallest absolute Gasteiger partial charge is 0.254 e. The molecule has 172 valence electrons. The molecule has 8 nitrogen and oxygen atoms in total. The van der Waals surface area contributed by atoms with Gasteiger partial charge in [-0.15, -0.1) is 0 Å². The number of aromatic amines is 1. The van der Waals surface area contributed by atoms with Gasteiger partial charge in [-0.05, 0) is 30.5 Å². The predicted octanol–water partition coefficient (Wildman–Crippen LogP) is 4.10. The van der Waals surface area contributed by atoms with Crippen molar-refractivity contribution in [3.05, 3.63) is 53.2 Å². The van der Waals surface area contributed by atoms with E-state index in [1.807, 2.05) is 23.1 Å². The Bertz CT molecular complexity index is 1450. The molecule has 1 fully saturated rings. The van der Waals surface area contributed by atoms with Crippen LogP contribution in [0.15, 0.2) is 30.5 Å². The molecule has 2 aliphatic rings. The van der Waals surface area contributed by atoms with Gasteiger partial charge in [0.2, 0.25) is 0 Å². The highest BCUT2D eigenvalue weighted by atomic mass is 19.1. The van der Waals surface area contributed by atoms with Gasteiger partial charge in [-0.1, -0.05) is 6.07 Å². The van der Waals surface area contributed by atoms with E-state index in [4.69, 9.17) is 9.47 Å². The maximum absolute atomic E-state index is 14.9. The molecule has 0 spiro atoms. The summed E-state index contributed by atoms with van der Waals surface area (Å²) in [6, 6.07) is 7.11. The first-order valence-corrected chi connectivity index (χ1v) is 10.8. The molecule has 3 heterocycles. The van der Waals surface area contributed by atoms with Crippen LogP contribution >= 0.6 is 0 Å². The molecule has 6 rings (SSSR count). The third-order valence-corrected chi connectivity index (χ3v) is 6.32. The minimum absolute atomic E-state index is 0.0734. The lowest BCUT2D eigenvalue weighted by molar-refractivity contribution is 0.0766. The van der Waals surface area contributed by atoms with Crippen molar-refractivity contribution in [2.45, 2.75) is 25.4 Å². The molecule has 1 N–H and O–H groups in total. The zero-order chi connectivity index (χ0) is 23.6. The van der Waals surface area contributed by atoms with Gasteiger partial charge in [-0.3, -0.25) is 9.89 Å². The lowest BCUT2D eigenvalue weighted by Gasteiger charge is -2.13. The number of hydrogen-bond donors (Lipinski definition) is 1. The van der Waals surface area contributed by atoms with E-state index >= 15 is 0 Å². The van der Waals surface area contributed by atoms with Gasteiger partial charge >= 0.3 is 0 Å². The zero-order valence-corrected chi connectivity index (χ0v) is 18.4. The molecule has 1 saturated carbocycles. The van der Waals surface area contributed by atoms with Gasteiger partial charge in [0.15, 0.2) is 34.6 Å². The van der Waals surface area contributed by atoms with Crippen molar-refractivity contribution in [3.8, 4) is 34.1 Å². The Morgan fingerprint density at radius 1 is 1.09 bits per heavy atom. The molecule has 0 unspecified atom stereocenters. The van der Waals surface area contributed by atoms with E-state index in [1.54, 1.807) is 0 Å². The van der Waals surface area contributed by atoms with Gasteiger partial charge in [0.05, 0.1) is 30.9 Å². The molecule has 2 aromatic carbocycles. The summed E-state index contributed by atoms with van der Waals surface area (Å²) in [5.74, 6) is -2.35. The van der Waals surface area contributed by atoms with E-state index < -0.39 is 17.2 Å². The van der Waals surface area contributed by atoms with E-state index in [0.29, 0.717) is 23.7 Å². The van der Waals surface area contributed by atoms with Crippen LogP contribution in [0.1, 0.15) is 28.8 Å². The lowest BCUT2D eigenvalue weighted by Crippen LogP contribution is -2.25. The molecule has 34 heavy (non-hydrogen) atoms. The Labute approximate surface area is 192 Å². The maximum atomic E-state index is 14.9. The van der Waals surface area contributed by atoms with E-state index in [9.17, 15) is 13.6 Å². The lowest BCUT2D eigenvalue weighted by atomic mass is 10.0. The number of carbonyl (C=O) groups excluding carboxylic acids is 1. The molecule has 2 aromatic heterocycles. The predicted molar refractivity (Wildman–Crippen MR) is 118 cm³/mol. The highest BCUT2D eigenvalue weighted by Crippen LogP contribution is 2.38. The second kappa shape index (κ2) is 7.47. The number of aromatic nitrogens is 4. The number of nitrogens with zero attached hydrogens (tertiary/aromatic N) is 4. The van der Waals surface area contributed by atoms with E-state index in [-0.39, 0.29) is 28.9 Å². The number of rotatable bonds is 5. The highest BCUT2D eigenvalue weighted by molar-refractivity contribution is 6.00. The molecule has 1 amide bonds. The Morgan fingerprint density at radius 2 is 1.82 bits per heavy atom. The molecule has 1 aliphatic heterocycles. The van der Waals surface area contributed by atoms with Crippen molar-refractivity contribution in [1.29, 1.82) is 0 Å². The normalized spacial score (nSPS) is 15.2. The van der Waals surface area contributed by atoms with Crippen molar-refractivity contribution in [3.63, 3.8) is 0 Å². The first kappa shape index (κ1) is 20.5. The van der Waals surface area contributed by atoms with Crippen LogP contribution in [0.25, 0.3) is 33.7 Å². The minimum Gasteiger partial charge on any atom is -0.494 e. The van der Waals surface area contributed by atoms with E-state index in [0.717, 1.165) is 35.6 Å². The molecule has 10 heteroatoms. The summed E-state index contributed by atoms with van der Waals surface area (Å²) in [7, 11) is 2.55. The zero-order valence-electron chi connectivity index (χ0n) is 18.4. The number of methoxy groups -OCH3 is 2. The molecule has 1 aliphatic carbocycles. The average Bonchev–Trinajstić information content (AvgIpc) is 3.52. The van der Waals surface area contributed by atoms with Crippen LogP contribution in [0.5, 0.6) is 11.5 Å². The second-order valence-electron chi connectivity index (χ2n) is 8.35. The number of benzene rings is 2.